The second kappa shape index (κ2) is 8.51. The van der Waals surface area contributed by atoms with Gasteiger partial charge in [-0.3, -0.25) is 0 Å². The van der Waals surface area contributed by atoms with Crippen molar-refractivity contribution < 1.29 is 0 Å². The van der Waals surface area contributed by atoms with Gasteiger partial charge in [0.15, 0.2) is 0 Å². The second-order valence-electron chi connectivity index (χ2n) is 7.74. The predicted molar refractivity (Wildman–Crippen MR) is 130 cm³/mol. The molecular formula is C25H19Cl2N3S. The van der Waals surface area contributed by atoms with Crippen LogP contribution in [0.2, 0.25) is 10.0 Å². The van der Waals surface area contributed by atoms with E-state index in [9.17, 15) is 5.26 Å². The number of aryl methyl sites for hydroxylation is 1. The number of hydrogen-bond donors (Lipinski definition) is 0. The Hall–Kier alpha value is -2.58. The van der Waals surface area contributed by atoms with Crippen LogP contribution in [0, 0.1) is 11.3 Å². The Morgan fingerprint density at radius 3 is 2.77 bits per heavy atom. The van der Waals surface area contributed by atoms with Crippen LogP contribution in [0.5, 0.6) is 0 Å². The molecule has 0 atom stereocenters. The summed E-state index contributed by atoms with van der Waals surface area (Å²) >= 11 is 13.9. The average molecular weight is 464 g/mol. The highest BCUT2D eigenvalue weighted by Gasteiger charge is 2.20. The maximum Gasteiger partial charge on any atom is 0.134 e. The lowest BCUT2D eigenvalue weighted by atomic mass is 9.96. The van der Waals surface area contributed by atoms with Crippen molar-refractivity contribution in [1.82, 2.24) is 4.57 Å². The third kappa shape index (κ3) is 3.90. The molecule has 1 aliphatic rings. The van der Waals surface area contributed by atoms with Gasteiger partial charge in [-0.05, 0) is 55.0 Å². The standard InChI is InChI=1S/C25H19Cl2N3S/c26-21-10-9-16(11-22(21)27)14-30-15-17(18-5-1-3-7-23(18)30)13-29-25-20(12-28)19-6-2-4-8-24(19)31-25/h1,3,5,7,9-11,13,15H,2,4,6,8,14H2. The Bertz CT molecular complexity index is 1360. The zero-order chi connectivity index (χ0) is 21.4. The van der Waals surface area contributed by atoms with Crippen LogP contribution in [0.3, 0.4) is 0 Å². The van der Waals surface area contributed by atoms with Gasteiger partial charge in [-0.25, -0.2) is 4.99 Å². The molecule has 5 rings (SSSR count). The molecular weight excluding hydrogens is 445 g/mol. The number of aromatic nitrogens is 1. The third-order valence-electron chi connectivity index (χ3n) is 5.74. The van der Waals surface area contributed by atoms with Gasteiger partial charge in [0, 0.05) is 40.3 Å². The van der Waals surface area contributed by atoms with Crippen molar-refractivity contribution in [2.24, 2.45) is 4.99 Å². The van der Waals surface area contributed by atoms with Gasteiger partial charge in [-0.1, -0.05) is 47.5 Å². The third-order valence-corrected chi connectivity index (χ3v) is 7.68. The van der Waals surface area contributed by atoms with Gasteiger partial charge in [-0.15, -0.1) is 11.3 Å². The van der Waals surface area contributed by atoms with E-state index in [-0.39, 0.29) is 0 Å². The largest absolute Gasteiger partial charge is 0.342 e. The van der Waals surface area contributed by atoms with E-state index in [1.165, 1.54) is 16.9 Å². The maximum atomic E-state index is 9.70. The summed E-state index contributed by atoms with van der Waals surface area (Å²) in [6.45, 7) is 0.683. The van der Waals surface area contributed by atoms with Crippen LogP contribution in [-0.4, -0.2) is 10.8 Å². The Morgan fingerprint density at radius 2 is 1.94 bits per heavy atom. The number of nitrogens with zero attached hydrogens (tertiary/aromatic N) is 3. The van der Waals surface area contributed by atoms with Gasteiger partial charge in [0.1, 0.15) is 11.1 Å². The van der Waals surface area contributed by atoms with Crippen LogP contribution >= 0.6 is 34.5 Å². The van der Waals surface area contributed by atoms with Crippen LogP contribution < -0.4 is 0 Å². The molecule has 0 bridgehead atoms. The zero-order valence-corrected chi connectivity index (χ0v) is 19.1. The van der Waals surface area contributed by atoms with Gasteiger partial charge in [0.25, 0.3) is 0 Å². The Balaban J connectivity index is 1.52. The first-order chi connectivity index (χ1) is 15.1. The Labute approximate surface area is 195 Å². The molecule has 0 unspecified atom stereocenters. The van der Waals surface area contributed by atoms with Crippen molar-refractivity contribution in [3.8, 4) is 6.07 Å². The number of rotatable bonds is 4. The summed E-state index contributed by atoms with van der Waals surface area (Å²) < 4.78 is 2.20. The van der Waals surface area contributed by atoms with Crippen LogP contribution in [-0.2, 0) is 19.4 Å². The molecule has 0 aliphatic heterocycles. The van der Waals surface area contributed by atoms with E-state index in [0.29, 0.717) is 16.6 Å². The van der Waals surface area contributed by atoms with Crippen LogP contribution in [0.1, 0.15) is 40.0 Å². The van der Waals surface area contributed by atoms with Gasteiger partial charge < -0.3 is 4.57 Å². The van der Waals surface area contributed by atoms with E-state index < -0.39 is 0 Å². The van der Waals surface area contributed by atoms with Crippen molar-refractivity contribution in [3.05, 3.63) is 85.8 Å². The first-order valence-electron chi connectivity index (χ1n) is 10.2. The van der Waals surface area contributed by atoms with Crippen molar-refractivity contribution in [3.63, 3.8) is 0 Å². The van der Waals surface area contributed by atoms with E-state index in [1.807, 2.05) is 36.5 Å². The van der Waals surface area contributed by atoms with E-state index >= 15 is 0 Å². The molecule has 2 aromatic carbocycles. The molecule has 6 heteroatoms. The highest BCUT2D eigenvalue weighted by molar-refractivity contribution is 7.16. The molecule has 0 spiro atoms. The molecule has 1 aliphatic carbocycles. The summed E-state index contributed by atoms with van der Waals surface area (Å²) in [4.78, 5) is 6.10. The smallest absolute Gasteiger partial charge is 0.134 e. The number of nitriles is 1. The fourth-order valence-corrected chi connectivity index (χ4v) is 5.73. The maximum absolute atomic E-state index is 9.70. The number of thiophene rings is 1. The first-order valence-corrected chi connectivity index (χ1v) is 11.8. The lowest BCUT2D eigenvalue weighted by molar-refractivity contribution is 0.696. The number of hydrogen-bond acceptors (Lipinski definition) is 3. The number of halogens is 2. The van der Waals surface area contributed by atoms with Gasteiger partial charge in [0.05, 0.1) is 15.6 Å². The van der Waals surface area contributed by atoms with Crippen LogP contribution in [0.15, 0.2) is 53.7 Å². The van der Waals surface area contributed by atoms with Gasteiger partial charge in [0.2, 0.25) is 0 Å². The monoisotopic (exact) mass is 463 g/mol. The fourth-order valence-electron chi connectivity index (χ4n) is 4.23. The first kappa shape index (κ1) is 20.3. The van der Waals surface area contributed by atoms with Gasteiger partial charge in [-0.2, -0.15) is 5.26 Å². The molecule has 3 nitrogen and oxygen atoms in total. The molecule has 0 radical (unpaired) electrons. The van der Waals surface area contributed by atoms with Crippen LogP contribution in [0.4, 0.5) is 5.00 Å². The van der Waals surface area contributed by atoms with Crippen molar-refractivity contribution in [1.29, 1.82) is 5.26 Å². The minimum absolute atomic E-state index is 0.558. The summed E-state index contributed by atoms with van der Waals surface area (Å²) in [5.41, 5.74) is 5.21. The Kier molecular flexibility index (Phi) is 5.58. The van der Waals surface area contributed by atoms with E-state index in [1.54, 1.807) is 11.3 Å². The van der Waals surface area contributed by atoms with E-state index in [4.69, 9.17) is 28.2 Å². The van der Waals surface area contributed by atoms with Crippen molar-refractivity contribution in [2.45, 2.75) is 32.2 Å². The molecule has 0 saturated carbocycles. The molecule has 0 fully saturated rings. The number of fused-ring (bicyclic) bond motifs is 2. The molecule has 0 saturated heterocycles. The Morgan fingerprint density at radius 1 is 1.10 bits per heavy atom. The lowest BCUT2D eigenvalue weighted by Gasteiger charge is -2.09. The summed E-state index contributed by atoms with van der Waals surface area (Å²) in [5.74, 6) is 0. The number of aliphatic imine (C=N–C) groups is 1. The highest BCUT2D eigenvalue weighted by Crippen LogP contribution is 2.39. The van der Waals surface area contributed by atoms with E-state index in [0.717, 1.165) is 51.9 Å². The minimum atomic E-state index is 0.558. The molecule has 154 valence electrons. The molecule has 2 heterocycles. The normalized spacial score (nSPS) is 13.6. The van der Waals surface area contributed by atoms with Gasteiger partial charge >= 0.3 is 0 Å². The highest BCUT2D eigenvalue weighted by atomic mass is 35.5. The quantitative estimate of drug-likeness (QED) is 0.287. The SMILES string of the molecule is N#Cc1c(N=Cc2cn(Cc3ccc(Cl)c(Cl)c3)c3ccccc23)sc2c1CCCC2. The van der Waals surface area contributed by atoms with Crippen molar-refractivity contribution in [2.75, 3.05) is 0 Å². The lowest BCUT2D eigenvalue weighted by Crippen LogP contribution is -1.99. The topological polar surface area (TPSA) is 41.1 Å². The fraction of sp³-hybridized carbons (Fsp3) is 0.200. The summed E-state index contributed by atoms with van der Waals surface area (Å²) in [5, 5.41) is 12.8. The molecule has 31 heavy (non-hydrogen) atoms. The predicted octanol–water partition coefficient (Wildman–Crippen LogP) is 7.56. The zero-order valence-electron chi connectivity index (χ0n) is 16.7. The number of para-hydroxylation sites is 1. The molecule has 2 aromatic heterocycles. The van der Waals surface area contributed by atoms with Crippen molar-refractivity contribution >= 4 is 56.7 Å². The minimum Gasteiger partial charge on any atom is -0.342 e. The summed E-state index contributed by atoms with van der Waals surface area (Å²) in [7, 11) is 0. The summed E-state index contributed by atoms with van der Waals surface area (Å²) in [6.07, 6.45) is 8.41. The molecule has 4 aromatic rings. The summed E-state index contributed by atoms with van der Waals surface area (Å²) in [6, 6.07) is 16.4. The molecule has 0 N–H and O–H groups in total. The molecule has 0 amide bonds. The average Bonchev–Trinajstić information content (AvgIpc) is 3.32. The second-order valence-corrected chi connectivity index (χ2v) is 9.64. The van der Waals surface area contributed by atoms with Crippen LogP contribution in [0.25, 0.3) is 10.9 Å². The number of benzene rings is 2. The van der Waals surface area contributed by atoms with E-state index in [2.05, 4.69) is 29.0 Å².